The summed E-state index contributed by atoms with van der Waals surface area (Å²) in [4.78, 5) is 0. The van der Waals surface area contributed by atoms with Crippen molar-refractivity contribution in [1.29, 1.82) is 0 Å². The summed E-state index contributed by atoms with van der Waals surface area (Å²) in [6.45, 7) is 0.132. The number of benzene rings is 1. The van der Waals surface area contributed by atoms with E-state index < -0.39 is 12.9 Å². The van der Waals surface area contributed by atoms with Crippen LogP contribution in [0.25, 0.3) is 0 Å². The van der Waals surface area contributed by atoms with Crippen molar-refractivity contribution in [2.75, 3.05) is 6.61 Å². The van der Waals surface area contributed by atoms with E-state index in [4.69, 9.17) is 26.4 Å². The van der Waals surface area contributed by atoms with Crippen LogP contribution in [0, 0.1) is 5.82 Å². The van der Waals surface area contributed by atoms with Crippen LogP contribution in [0.2, 0.25) is 0 Å². The fraction of sp³-hybridized carbons (Fsp3) is 0.111. The lowest BCUT2D eigenvalue weighted by Gasteiger charge is -2.09. The molecule has 15 heavy (non-hydrogen) atoms. The summed E-state index contributed by atoms with van der Waals surface area (Å²) in [7, 11) is -1.69. The summed E-state index contributed by atoms with van der Waals surface area (Å²) in [6.07, 6.45) is 1.50. The highest BCUT2D eigenvalue weighted by Crippen LogP contribution is 2.10. The van der Waals surface area contributed by atoms with Crippen molar-refractivity contribution < 1.29 is 19.2 Å². The monoisotopic (exact) mass is 230 g/mol. The molecule has 0 amide bonds. The van der Waals surface area contributed by atoms with Gasteiger partial charge in [0.15, 0.2) is 0 Å². The first-order chi connectivity index (χ1) is 7.15. The third kappa shape index (κ3) is 3.55. The van der Waals surface area contributed by atoms with Gasteiger partial charge in [0.25, 0.3) is 0 Å². The van der Waals surface area contributed by atoms with Crippen LogP contribution >= 0.6 is 11.6 Å². The van der Waals surface area contributed by atoms with Gasteiger partial charge in [-0.15, -0.1) is 0 Å². The normalized spacial score (nSPS) is 10.7. The molecule has 0 fully saturated rings. The van der Waals surface area contributed by atoms with Gasteiger partial charge in [-0.3, -0.25) is 0 Å². The lowest BCUT2D eigenvalue weighted by atomic mass is 9.79. The zero-order valence-corrected chi connectivity index (χ0v) is 8.49. The molecule has 0 radical (unpaired) electrons. The van der Waals surface area contributed by atoms with Crippen LogP contribution in [0.5, 0.6) is 5.75 Å². The zero-order valence-electron chi connectivity index (χ0n) is 7.73. The first-order valence-corrected chi connectivity index (χ1v) is 4.62. The Morgan fingerprint density at radius 2 is 2.20 bits per heavy atom. The van der Waals surface area contributed by atoms with E-state index in [2.05, 4.69) is 0 Å². The van der Waals surface area contributed by atoms with Gasteiger partial charge >= 0.3 is 7.12 Å². The first-order valence-electron chi connectivity index (χ1n) is 4.18. The second-order valence-electron chi connectivity index (χ2n) is 2.73. The quantitative estimate of drug-likeness (QED) is 0.746. The van der Waals surface area contributed by atoms with Crippen molar-refractivity contribution in [1.82, 2.24) is 0 Å². The van der Waals surface area contributed by atoms with Crippen LogP contribution in [0.3, 0.4) is 0 Å². The van der Waals surface area contributed by atoms with Crippen LogP contribution in [-0.2, 0) is 0 Å². The second-order valence-corrected chi connectivity index (χ2v) is 2.98. The van der Waals surface area contributed by atoms with Gasteiger partial charge in [0.1, 0.15) is 18.2 Å². The van der Waals surface area contributed by atoms with E-state index in [-0.39, 0.29) is 17.8 Å². The van der Waals surface area contributed by atoms with E-state index in [9.17, 15) is 4.39 Å². The molecule has 2 N–H and O–H groups in total. The molecule has 0 saturated carbocycles. The number of halogens is 2. The van der Waals surface area contributed by atoms with Crippen LogP contribution in [-0.4, -0.2) is 23.8 Å². The Morgan fingerprint density at radius 3 is 2.80 bits per heavy atom. The maximum atomic E-state index is 12.8. The van der Waals surface area contributed by atoms with E-state index in [1.807, 2.05) is 0 Å². The average Bonchev–Trinajstić information content (AvgIpc) is 2.18. The average molecular weight is 230 g/mol. The van der Waals surface area contributed by atoms with Crippen molar-refractivity contribution in [2.24, 2.45) is 0 Å². The minimum Gasteiger partial charge on any atom is -0.490 e. The van der Waals surface area contributed by atoms with Crippen molar-refractivity contribution in [3.8, 4) is 5.75 Å². The highest BCUT2D eigenvalue weighted by Gasteiger charge is 2.17. The summed E-state index contributed by atoms with van der Waals surface area (Å²) in [5, 5.41) is 17.9. The molecule has 80 valence electrons. The molecule has 0 aliphatic rings. The number of hydrogen-bond donors (Lipinski definition) is 2. The molecule has 1 aromatic carbocycles. The van der Waals surface area contributed by atoms with Gasteiger partial charge in [-0.25, -0.2) is 4.39 Å². The van der Waals surface area contributed by atoms with Gasteiger partial charge in [-0.2, -0.15) is 0 Å². The third-order valence-corrected chi connectivity index (χ3v) is 1.86. The second kappa shape index (κ2) is 5.75. The van der Waals surface area contributed by atoms with Crippen molar-refractivity contribution >= 4 is 24.2 Å². The molecular formula is C9H9BClFO3. The SMILES string of the molecule is OB(O)c1ccc(F)cc1OC/C=C/Cl. The fourth-order valence-electron chi connectivity index (χ4n) is 1.02. The lowest BCUT2D eigenvalue weighted by Crippen LogP contribution is -2.31. The molecular weight excluding hydrogens is 221 g/mol. The van der Waals surface area contributed by atoms with Gasteiger partial charge < -0.3 is 14.8 Å². The van der Waals surface area contributed by atoms with E-state index in [0.29, 0.717) is 0 Å². The van der Waals surface area contributed by atoms with Gasteiger partial charge in [0, 0.05) is 17.1 Å². The summed E-state index contributed by atoms with van der Waals surface area (Å²) < 4.78 is 17.9. The molecule has 6 heteroatoms. The van der Waals surface area contributed by atoms with E-state index in [1.54, 1.807) is 0 Å². The maximum Gasteiger partial charge on any atom is 0.492 e. The summed E-state index contributed by atoms with van der Waals surface area (Å²) >= 11 is 5.27. The van der Waals surface area contributed by atoms with Gasteiger partial charge in [-0.05, 0) is 12.1 Å². The summed E-state index contributed by atoms with van der Waals surface area (Å²) in [5.41, 5.74) is 1.37. The smallest absolute Gasteiger partial charge is 0.490 e. The number of rotatable bonds is 4. The zero-order chi connectivity index (χ0) is 11.3. The molecule has 0 unspecified atom stereocenters. The topological polar surface area (TPSA) is 49.7 Å². The lowest BCUT2D eigenvalue weighted by molar-refractivity contribution is 0.359. The molecule has 0 aliphatic carbocycles. The molecule has 0 atom stereocenters. The Kier molecular flexibility index (Phi) is 4.61. The Morgan fingerprint density at radius 1 is 1.47 bits per heavy atom. The Balaban J connectivity index is 2.86. The highest BCUT2D eigenvalue weighted by atomic mass is 35.5. The van der Waals surface area contributed by atoms with E-state index >= 15 is 0 Å². The van der Waals surface area contributed by atoms with Crippen molar-refractivity contribution in [3.05, 3.63) is 35.6 Å². The van der Waals surface area contributed by atoms with Crippen LogP contribution < -0.4 is 10.2 Å². The molecule has 0 heterocycles. The Labute approximate surface area is 91.9 Å². The Bertz CT molecular complexity index is 357. The van der Waals surface area contributed by atoms with Crippen molar-refractivity contribution in [2.45, 2.75) is 0 Å². The van der Waals surface area contributed by atoms with Gasteiger partial charge in [0.2, 0.25) is 0 Å². The minimum atomic E-state index is -1.69. The molecule has 0 aromatic heterocycles. The van der Waals surface area contributed by atoms with E-state index in [0.717, 1.165) is 12.1 Å². The molecule has 0 spiro atoms. The van der Waals surface area contributed by atoms with Crippen molar-refractivity contribution in [3.63, 3.8) is 0 Å². The number of hydrogen-bond acceptors (Lipinski definition) is 3. The highest BCUT2D eigenvalue weighted by molar-refractivity contribution is 6.59. The fourth-order valence-corrected chi connectivity index (χ4v) is 1.09. The minimum absolute atomic E-state index is 0.0831. The predicted octanol–water partition coefficient (Wildman–Crippen LogP) is 0.637. The van der Waals surface area contributed by atoms with Crippen LogP contribution in [0.15, 0.2) is 29.8 Å². The van der Waals surface area contributed by atoms with E-state index in [1.165, 1.54) is 17.7 Å². The van der Waals surface area contributed by atoms with Gasteiger partial charge in [0.05, 0.1) is 0 Å². The standard InChI is InChI=1S/C9H9BClFO3/c11-4-1-5-15-9-6-7(12)2-3-8(9)10(13)14/h1-4,6,13-14H,5H2/b4-1+. The Hall–Kier alpha value is -1.04. The molecule has 0 saturated heterocycles. The van der Waals surface area contributed by atoms with Crippen LogP contribution in [0.1, 0.15) is 0 Å². The summed E-state index contributed by atoms with van der Waals surface area (Å²) in [6, 6.07) is 3.45. The molecule has 3 nitrogen and oxygen atoms in total. The predicted molar refractivity (Wildman–Crippen MR) is 56.7 cm³/mol. The molecule has 1 aromatic rings. The number of ether oxygens (including phenoxy) is 1. The maximum absolute atomic E-state index is 12.8. The first kappa shape index (κ1) is 12.0. The largest absolute Gasteiger partial charge is 0.492 e. The van der Waals surface area contributed by atoms with Gasteiger partial charge in [-0.1, -0.05) is 17.7 Å². The molecule has 0 aliphatic heterocycles. The molecule has 1 rings (SSSR count). The molecule has 0 bridgehead atoms. The van der Waals surface area contributed by atoms with Crippen LogP contribution in [0.4, 0.5) is 4.39 Å². The third-order valence-electron chi connectivity index (χ3n) is 1.68. The summed E-state index contributed by atoms with van der Waals surface area (Å²) in [5.74, 6) is -0.427.